The molecule has 0 atom stereocenters. The van der Waals surface area contributed by atoms with E-state index >= 15 is 0 Å². The molecule has 0 aliphatic rings. The molecule has 0 radical (unpaired) electrons. The van der Waals surface area contributed by atoms with Crippen LogP contribution in [0.15, 0.2) is 29.6 Å². The van der Waals surface area contributed by atoms with Gasteiger partial charge in [-0.2, -0.15) is 0 Å². The van der Waals surface area contributed by atoms with Crippen LogP contribution in [0.3, 0.4) is 0 Å². The van der Waals surface area contributed by atoms with Crippen molar-refractivity contribution < 1.29 is 0 Å². The minimum Gasteiger partial charge on any atom is -0.241 e. The molecule has 1 heterocycles. The second-order valence-electron chi connectivity index (χ2n) is 3.09. The molecule has 0 amide bonds. The number of thiazole rings is 1. The number of halogens is 2. The first kappa shape index (κ1) is 11.1. The van der Waals surface area contributed by atoms with Crippen LogP contribution in [0.25, 0.3) is 10.6 Å². The number of nitrogens with zero attached hydrogens (tertiary/aromatic N) is 1. The molecule has 0 saturated carbocycles. The van der Waals surface area contributed by atoms with Crippen LogP contribution in [-0.4, -0.2) is 10.3 Å². The van der Waals surface area contributed by atoms with Gasteiger partial charge in [-0.15, -0.1) is 11.3 Å². The summed E-state index contributed by atoms with van der Waals surface area (Å²) in [5.41, 5.74) is 2.27. The van der Waals surface area contributed by atoms with E-state index in [0.29, 0.717) is 0 Å². The molecular formula is C11H9BrClNS. The van der Waals surface area contributed by atoms with Gasteiger partial charge in [0.25, 0.3) is 0 Å². The van der Waals surface area contributed by atoms with Crippen molar-refractivity contribution in [1.29, 1.82) is 0 Å². The summed E-state index contributed by atoms with van der Waals surface area (Å²) in [6.45, 7) is 0. The first-order valence-corrected chi connectivity index (χ1v) is 6.94. The number of hydrogen-bond donors (Lipinski definition) is 0. The Morgan fingerprint density at radius 2 is 2.00 bits per heavy atom. The summed E-state index contributed by atoms with van der Waals surface area (Å²) in [6.07, 6.45) is 0.976. The molecule has 2 aromatic rings. The molecule has 0 aliphatic carbocycles. The Kier molecular flexibility index (Phi) is 3.78. The van der Waals surface area contributed by atoms with E-state index in [9.17, 15) is 0 Å². The van der Waals surface area contributed by atoms with Gasteiger partial charge in [0.15, 0.2) is 0 Å². The van der Waals surface area contributed by atoms with Crippen molar-refractivity contribution >= 4 is 38.9 Å². The molecule has 15 heavy (non-hydrogen) atoms. The zero-order valence-electron chi connectivity index (χ0n) is 7.91. The Labute approximate surface area is 106 Å². The number of aromatic nitrogens is 1. The smallest absolute Gasteiger partial charge is 0.123 e. The fourth-order valence-corrected chi connectivity index (χ4v) is 2.64. The van der Waals surface area contributed by atoms with Gasteiger partial charge in [0.1, 0.15) is 5.01 Å². The third kappa shape index (κ3) is 2.80. The first-order valence-electron chi connectivity index (χ1n) is 4.56. The van der Waals surface area contributed by atoms with E-state index in [0.717, 1.165) is 33.0 Å². The molecule has 1 aromatic heterocycles. The van der Waals surface area contributed by atoms with Crippen LogP contribution in [0.2, 0.25) is 5.02 Å². The largest absolute Gasteiger partial charge is 0.241 e. The minimum atomic E-state index is 0.760. The predicted molar refractivity (Wildman–Crippen MR) is 70.1 cm³/mol. The van der Waals surface area contributed by atoms with E-state index < -0.39 is 0 Å². The molecule has 0 saturated heterocycles. The Hall–Kier alpha value is -0.380. The molecule has 0 aliphatic heterocycles. The summed E-state index contributed by atoms with van der Waals surface area (Å²) >= 11 is 10.9. The maximum atomic E-state index is 5.83. The summed E-state index contributed by atoms with van der Waals surface area (Å²) in [5, 5.41) is 4.88. The van der Waals surface area contributed by atoms with Crippen LogP contribution in [-0.2, 0) is 6.42 Å². The highest BCUT2D eigenvalue weighted by molar-refractivity contribution is 9.09. The second-order valence-corrected chi connectivity index (χ2v) is 5.18. The van der Waals surface area contributed by atoms with Crippen LogP contribution in [0, 0.1) is 0 Å². The summed E-state index contributed by atoms with van der Waals surface area (Å²) in [4.78, 5) is 4.55. The van der Waals surface area contributed by atoms with E-state index in [2.05, 4.69) is 26.3 Å². The second kappa shape index (κ2) is 5.10. The number of benzene rings is 1. The highest BCUT2D eigenvalue weighted by atomic mass is 79.9. The van der Waals surface area contributed by atoms with Crippen LogP contribution in [0.4, 0.5) is 0 Å². The highest BCUT2D eigenvalue weighted by Crippen LogP contribution is 2.25. The minimum absolute atomic E-state index is 0.760. The van der Waals surface area contributed by atoms with Crippen molar-refractivity contribution in [3.05, 3.63) is 40.4 Å². The molecule has 0 bridgehead atoms. The van der Waals surface area contributed by atoms with Crippen LogP contribution in [0.5, 0.6) is 0 Å². The van der Waals surface area contributed by atoms with Gasteiger partial charge in [-0.05, 0) is 12.1 Å². The maximum Gasteiger partial charge on any atom is 0.123 e. The van der Waals surface area contributed by atoms with Crippen molar-refractivity contribution in [3.63, 3.8) is 0 Å². The van der Waals surface area contributed by atoms with Gasteiger partial charge < -0.3 is 0 Å². The fraction of sp³-hybridized carbons (Fsp3) is 0.182. The molecule has 78 valence electrons. The number of aryl methyl sites for hydroxylation is 1. The average molecular weight is 303 g/mol. The quantitative estimate of drug-likeness (QED) is 0.766. The summed E-state index contributed by atoms with van der Waals surface area (Å²) in [7, 11) is 0. The Bertz CT molecular complexity index is 438. The Morgan fingerprint density at radius 1 is 1.27 bits per heavy atom. The van der Waals surface area contributed by atoms with Gasteiger partial charge in [-0.25, -0.2) is 4.98 Å². The van der Waals surface area contributed by atoms with Crippen LogP contribution in [0.1, 0.15) is 5.69 Å². The van der Waals surface area contributed by atoms with E-state index in [-0.39, 0.29) is 0 Å². The summed E-state index contributed by atoms with van der Waals surface area (Å²) in [5.74, 6) is 0. The number of alkyl halides is 1. The number of hydrogen-bond acceptors (Lipinski definition) is 2. The Morgan fingerprint density at radius 3 is 2.67 bits per heavy atom. The normalized spacial score (nSPS) is 10.5. The molecule has 0 spiro atoms. The standard InChI is InChI=1S/C11H9BrClNS/c12-6-5-10-7-15-11(14-10)8-1-3-9(13)4-2-8/h1-4,7H,5-6H2. The lowest BCUT2D eigenvalue weighted by molar-refractivity contribution is 1.09. The Balaban J connectivity index is 2.25. The van der Waals surface area contributed by atoms with Gasteiger partial charge in [0.2, 0.25) is 0 Å². The monoisotopic (exact) mass is 301 g/mol. The number of rotatable bonds is 3. The van der Waals surface area contributed by atoms with Crippen molar-refractivity contribution in [2.45, 2.75) is 6.42 Å². The summed E-state index contributed by atoms with van der Waals surface area (Å²) in [6, 6.07) is 7.78. The van der Waals surface area contributed by atoms with Crippen LogP contribution < -0.4 is 0 Å². The van der Waals surface area contributed by atoms with Crippen LogP contribution >= 0.6 is 38.9 Å². The maximum absolute atomic E-state index is 5.83. The van der Waals surface area contributed by atoms with E-state index in [1.165, 1.54) is 0 Å². The van der Waals surface area contributed by atoms with Gasteiger partial charge in [-0.1, -0.05) is 39.7 Å². The molecular weight excluding hydrogens is 294 g/mol. The van der Waals surface area contributed by atoms with Crippen molar-refractivity contribution in [1.82, 2.24) is 4.98 Å². The molecule has 0 unspecified atom stereocenters. The van der Waals surface area contributed by atoms with Gasteiger partial charge in [-0.3, -0.25) is 0 Å². The molecule has 4 heteroatoms. The lowest BCUT2D eigenvalue weighted by Crippen LogP contribution is -1.85. The lowest BCUT2D eigenvalue weighted by atomic mass is 10.2. The van der Waals surface area contributed by atoms with E-state index in [4.69, 9.17) is 11.6 Å². The molecule has 2 rings (SSSR count). The third-order valence-corrected chi connectivity index (χ3v) is 3.58. The van der Waals surface area contributed by atoms with Crippen molar-refractivity contribution in [2.75, 3.05) is 5.33 Å². The molecule has 1 nitrogen and oxygen atoms in total. The average Bonchev–Trinajstić information content (AvgIpc) is 2.68. The predicted octanol–water partition coefficient (Wildman–Crippen LogP) is 4.40. The van der Waals surface area contributed by atoms with Gasteiger partial charge >= 0.3 is 0 Å². The molecule has 0 fully saturated rings. The van der Waals surface area contributed by atoms with Gasteiger partial charge in [0.05, 0.1) is 5.69 Å². The zero-order valence-corrected chi connectivity index (χ0v) is 11.1. The van der Waals surface area contributed by atoms with Crippen molar-refractivity contribution in [2.24, 2.45) is 0 Å². The topological polar surface area (TPSA) is 12.9 Å². The highest BCUT2D eigenvalue weighted by Gasteiger charge is 2.03. The lowest BCUT2D eigenvalue weighted by Gasteiger charge is -1.95. The van der Waals surface area contributed by atoms with Gasteiger partial charge in [0, 0.05) is 27.7 Å². The van der Waals surface area contributed by atoms with E-state index in [1.807, 2.05) is 24.3 Å². The van der Waals surface area contributed by atoms with Crippen molar-refractivity contribution in [3.8, 4) is 10.6 Å². The SMILES string of the molecule is Clc1ccc(-c2nc(CCBr)cs2)cc1. The zero-order chi connectivity index (χ0) is 10.7. The fourth-order valence-electron chi connectivity index (χ4n) is 1.24. The first-order chi connectivity index (χ1) is 7.29. The molecule has 1 aromatic carbocycles. The van der Waals surface area contributed by atoms with E-state index in [1.54, 1.807) is 11.3 Å². The third-order valence-electron chi connectivity index (χ3n) is 1.99. The molecule has 0 N–H and O–H groups in total. The summed E-state index contributed by atoms with van der Waals surface area (Å²) < 4.78 is 0.